The molecule has 1 heterocycles. The summed E-state index contributed by atoms with van der Waals surface area (Å²) >= 11 is 1.58. The molecule has 1 aliphatic carbocycles. The molecular formula is C22H22N2OS. The fourth-order valence-electron chi connectivity index (χ4n) is 3.37. The number of allylic oxidation sites excluding steroid dienone is 2. The lowest BCUT2D eigenvalue weighted by molar-refractivity contribution is -0.121. The minimum absolute atomic E-state index is 0.0258. The number of amides is 1. The monoisotopic (exact) mass is 362 g/mol. The predicted octanol–water partition coefficient (Wildman–Crippen LogP) is 5.88. The third kappa shape index (κ3) is 3.29. The van der Waals surface area contributed by atoms with Crippen LogP contribution in [0.2, 0.25) is 0 Å². The van der Waals surface area contributed by atoms with Gasteiger partial charge in [0.25, 0.3) is 0 Å². The number of para-hydroxylation sites is 1. The van der Waals surface area contributed by atoms with Crippen LogP contribution in [0.3, 0.4) is 0 Å². The van der Waals surface area contributed by atoms with Crippen molar-refractivity contribution in [1.82, 2.24) is 4.98 Å². The van der Waals surface area contributed by atoms with Gasteiger partial charge in [0.05, 0.1) is 15.9 Å². The summed E-state index contributed by atoms with van der Waals surface area (Å²) in [6.07, 6.45) is 7.98. The maximum atomic E-state index is 13.4. The van der Waals surface area contributed by atoms with Gasteiger partial charge in [-0.1, -0.05) is 54.7 Å². The molecule has 1 aliphatic rings. The molecule has 1 atom stereocenters. The van der Waals surface area contributed by atoms with E-state index in [1.54, 1.807) is 11.3 Å². The minimum atomic E-state index is 0.0258. The third-order valence-corrected chi connectivity index (χ3v) is 5.94. The number of thiazole rings is 1. The van der Waals surface area contributed by atoms with Crippen molar-refractivity contribution < 1.29 is 4.79 Å². The largest absolute Gasteiger partial charge is 0.274 e. The van der Waals surface area contributed by atoms with Crippen molar-refractivity contribution in [3.63, 3.8) is 0 Å². The molecule has 0 bridgehead atoms. The Morgan fingerprint density at radius 2 is 1.96 bits per heavy atom. The predicted molar refractivity (Wildman–Crippen MR) is 109 cm³/mol. The maximum Gasteiger partial charge on any atom is 0.236 e. The van der Waals surface area contributed by atoms with Gasteiger partial charge in [-0.15, -0.1) is 0 Å². The Hall–Kier alpha value is -2.46. The minimum Gasteiger partial charge on any atom is -0.274 e. The second kappa shape index (κ2) is 7.42. The van der Waals surface area contributed by atoms with E-state index < -0.39 is 0 Å². The molecule has 3 aromatic rings. The molecule has 2 aromatic carbocycles. The molecule has 4 rings (SSSR count). The van der Waals surface area contributed by atoms with Crippen LogP contribution >= 0.6 is 11.3 Å². The second-order valence-electron chi connectivity index (χ2n) is 6.64. The van der Waals surface area contributed by atoms with Gasteiger partial charge in [0.15, 0.2) is 5.13 Å². The van der Waals surface area contributed by atoms with Crippen molar-refractivity contribution >= 4 is 38.3 Å². The number of aryl methyl sites for hydroxylation is 1. The van der Waals surface area contributed by atoms with Crippen molar-refractivity contribution in [2.45, 2.75) is 32.6 Å². The molecule has 1 unspecified atom stereocenters. The molecule has 0 fully saturated rings. The third-order valence-electron chi connectivity index (χ3n) is 4.92. The summed E-state index contributed by atoms with van der Waals surface area (Å²) in [5.41, 5.74) is 3.12. The van der Waals surface area contributed by atoms with Gasteiger partial charge in [-0.25, -0.2) is 4.98 Å². The van der Waals surface area contributed by atoms with Crippen LogP contribution < -0.4 is 4.90 Å². The molecule has 3 nitrogen and oxygen atoms in total. The summed E-state index contributed by atoms with van der Waals surface area (Å²) in [5.74, 6) is 0.176. The van der Waals surface area contributed by atoms with E-state index in [2.05, 4.69) is 37.3 Å². The first-order valence-corrected chi connectivity index (χ1v) is 10.0. The number of carbonyl (C=O) groups excluding carboxylic acids is 1. The van der Waals surface area contributed by atoms with Crippen LogP contribution in [0.15, 0.2) is 60.7 Å². The molecule has 0 saturated carbocycles. The lowest BCUT2D eigenvalue weighted by Crippen LogP contribution is -2.33. The summed E-state index contributed by atoms with van der Waals surface area (Å²) in [7, 11) is 0. The van der Waals surface area contributed by atoms with E-state index in [1.165, 1.54) is 5.56 Å². The molecule has 0 aliphatic heterocycles. The van der Waals surface area contributed by atoms with Gasteiger partial charge in [-0.3, -0.25) is 9.69 Å². The van der Waals surface area contributed by atoms with Crippen molar-refractivity contribution in [2.75, 3.05) is 4.90 Å². The van der Waals surface area contributed by atoms with Gasteiger partial charge < -0.3 is 0 Å². The lowest BCUT2D eigenvalue weighted by Gasteiger charge is -2.26. The first kappa shape index (κ1) is 17.0. The highest BCUT2D eigenvalue weighted by atomic mass is 32.1. The molecule has 1 aromatic heterocycles. The van der Waals surface area contributed by atoms with Crippen LogP contribution in [0.5, 0.6) is 0 Å². The summed E-state index contributed by atoms with van der Waals surface area (Å²) in [4.78, 5) is 20.0. The van der Waals surface area contributed by atoms with Crippen LogP contribution in [0, 0.1) is 5.92 Å². The van der Waals surface area contributed by atoms with Crippen molar-refractivity contribution in [3.8, 4) is 0 Å². The highest BCUT2D eigenvalue weighted by Gasteiger charge is 2.28. The van der Waals surface area contributed by atoms with Crippen LogP contribution in [0.4, 0.5) is 10.8 Å². The highest BCUT2D eigenvalue weighted by Crippen LogP contribution is 2.36. The Morgan fingerprint density at radius 1 is 1.15 bits per heavy atom. The fraction of sp³-hybridized carbons (Fsp3) is 0.273. The second-order valence-corrected chi connectivity index (χ2v) is 7.65. The zero-order valence-electron chi connectivity index (χ0n) is 14.9. The quantitative estimate of drug-likeness (QED) is 0.543. The zero-order valence-corrected chi connectivity index (χ0v) is 15.7. The van der Waals surface area contributed by atoms with Gasteiger partial charge in [0, 0.05) is 5.92 Å². The van der Waals surface area contributed by atoms with E-state index in [9.17, 15) is 4.79 Å². The van der Waals surface area contributed by atoms with E-state index in [0.29, 0.717) is 0 Å². The van der Waals surface area contributed by atoms with Crippen LogP contribution in [0.1, 0.15) is 31.7 Å². The number of nitrogens with zero attached hydrogens (tertiary/aromatic N) is 2. The molecule has 1 amide bonds. The zero-order chi connectivity index (χ0) is 17.9. The van der Waals surface area contributed by atoms with Gasteiger partial charge in [-0.2, -0.15) is 0 Å². The topological polar surface area (TPSA) is 33.2 Å². The maximum absolute atomic E-state index is 13.4. The normalized spacial score (nSPS) is 16.7. The van der Waals surface area contributed by atoms with Crippen molar-refractivity contribution in [1.29, 1.82) is 0 Å². The molecule has 0 saturated heterocycles. The van der Waals surface area contributed by atoms with Crippen molar-refractivity contribution in [2.24, 2.45) is 5.92 Å². The number of anilines is 2. The van der Waals surface area contributed by atoms with E-state index >= 15 is 0 Å². The molecule has 132 valence electrons. The lowest BCUT2D eigenvalue weighted by atomic mass is 9.93. The number of hydrogen-bond donors (Lipinski definition) is 0. The van der Waals surface area contributed by atoms with E-state index in [4.69, 9.17) is 4.98 Å². The van der Waals surface area contributed by atoms with E-state index in [1.807, 2.05) is 35.2 Å². The highest BCUT2D eigenvalue weighted by molar-refractivity contribution is 7.22. The molecule has 0 spiro atoms. The van der Waals surface area contributed by atoms with Gasteiger partial charge in [0.2, 0.25) is 5.91 Å². The number of carbonyl (C=O) groups is 1. The first-order valence-electron chi connectivity index (χ1n) is 9.19. The smallest absolute Gasteiger partial charge is 0.236 e. The summed E-state index contributed by atoms with van der Waals surface area (Å²) in [5, 5.41) is 0.759. The van der Waals surface area contributed by atoms with E-state index in [-0.39, 0.29) is 11.8 Å². The Kier molecular flexibility index (Phi) is 4.85. The van der Waals surface area contributed by atoms with Crippen LogP contribution in [-0.4, -0.2) is 10.9 Å². The van der Waals surface area contributed by atoms with Gasteiger partial charge in [0.1, 0.15) is 0 Å². The number of hydrogen-bond acceptors (Lipinski definition) is 3. The average Bonchev–Trinajstić information content (AvgIpc) is 3.13. The van der Waals surface area contributed by atoms with Gasteiger partial charge in [-0.05, 0) is 55.5 Å². The summed E-state index contributed by atoms with van der Waals surface area (Å²) < 4.78 is 1.11. The van der Waals surface area contributed by atoms with Crippen LogP contribution in [0.25, 0.3) is 10.2 Å². The molecular weight excluding hydrogens is 340 g/mol. The van der Waals surface area contributed by atoms with E-state index in [0.717, 1.165) is 46.7 Å². The Morgan fingerprint density at radius 3 is 2.65 bits per heavy atom. The molecule has 26 heavy (non-hydrogen) atoms. The first-order chi connectivity index (χ1) is 12.8. The Labute approximate surface area is 158 Å². The Balaban J connectivity index is 1.76. The van der Waals surface area contributed by atoms with Gasteiger partial charge >= 0.3 is 0 Å². The number of aromatic nitrogens is 1. The SMILES string of the molecule is CCc1ccc(N(C(=O)C2CC=CCC2)c2nc3ccccc3s2)cc1. The molecule has 0 N–H and O–H groups in total. The number of rotatable bonds is 4. The standard InChI is InChI=1S/C22H22N2OS/c1-2-16-12-14-18(15-13-16)24(21(25)17-8-4-3-5-9-17)22-23-19-10-6-7-11-20(19)26-22/h3-4,6-7,10-15,17H,2,5,8-9H2,1H3. The van der Waals surface area contributed by atoms with Crippen molar-refractivity contribution in [3.05, 3.63) is 66.2 Å². The fourth-order valence-corrected chi connectivity index (χ4v) is 4.36. The summed E-state index contributed by atoms with van der Waals surface area (Å²) in [6.45, 7) is 2.14. The van der Waals surface area contributed by atoms with Crippen LogP contribution in [-0.2, 0) is 11.2 Å². The number of fused-ring (bicyclic) bond motifs is 1. The summed E-state index contributed by atoms with van der Waals surface area (Å²) in [6, 6.07) is 16.3. The molecule has 4 heteroatoms. The molecule has 0 radical (unpaired) electrons. The average molecular weight is 362 g/mol. The Bertz CT molecular complexity index is 909. The number of benzene rings is 2.